The SMILES string of the molecule is CCCC(=O)C(O)C(=O)OCC. The van der Waals surface area contributed by atoms with E-state index in [1.165, 1.54) is 0 Å². The van der Waals surface area contributed by atoms with Crippen molar-refractivity contribution in [3.05, 3.63) is 0 Å². The summed E-state index contributed by atoms with van der Waals surface area (Å²) in [7, 11) is 0. The van der Waals surface area contributed by atoms with Crippen molar-refractivity contribution in [2.24, 2.45) is 0 Å². The molecule has 0 saturated heterocycles. The summed E-state index contributed by atoms with van der Waals surface area (Å²) in [6.45, 7) is 3.60. The number of esters is 1. The predicted octanol–water partition coefficient (Wildman–Crippen LogP) is 0.280. The number of carbonyl (C=O) groups is 2. The Bertz CT molecular complexity index is 146. The molecule has 0 bridgehead atoms. The number of aliphatic hydroxyl groups is 1. The van der Waals surface area contributed by atoms with Crippen molar-refractivity contribution >= 4 is 11.8 Å². The summed E-state index contributed by atoms with van der Waals surface area (Å²) < 4.78 is 4.46. The fourth-order valence-electron chi connectivity index (χ4n) is 0.736. The average molecular weight is 174 g/mol. The molecule has 70 valence electrons. The van der Waals surface area contributed by atoms with Gasteiger partial charge >= 0.3 is 5.97 Å². The Kier molecular flexibility index (Phi) is 5.28. The lowest BCUT2D eigenvalue weighted by atomic mass is 10.1. The Morgan fingerprint density at radius 3 is 2.42 bits per heavy atom. The van der Waals surface area contributed by atoms with Crippen molar-refractivity contribution in [2.75, 3.05) is 6.61 Å². The third-order valence-corrected chi connectivity index (χ3v) is 1.31. The summed E-state index contributed by atoms with van der Waals surface area (Å²) in [5.74, 6) is -1.33. The van der Waals surface area contributed by atoms with Gasteiger partial charge in [-0.25, -0.2) is 4.79 Å². The highest BCUT2D eigenvalue weighted by atomic mass is 16.5. The number of rotatable bonds is 5. The van der Waals surface area contributed by atoms with E-state index in [0.717, 1.165) is 0 Å². The van der Waals surface area contributed by atoms with Crippen LogP contribution in [0.4, 0.5) is 0 Å². The maximum Gasteiger partial charge on any atom is 0.342 e. The normalized spacial score (nSPS) is 12.2. The molecule has 0 aliphatic carbocycles. The van der Waals surface area contributed by atoms with Crippen LogP contribution >= 0.6 is 0 Å². The van der Waals surface area contributed by atoms with Gasteiger partial charge in [0, 0.05) is 6.42 Å². The Labute approximate surface area is 71.5 Å². The molecule has 0 aromatic rings. The van der Waals surface area contributed by atoms with Gasteiger partial charge in [0.05, 0.1) is 6.61 Å². The highest BCUT2D eigenvalue weighted by Gasteiger charge is 2.23. The van der Waals surface area contributed by atoms with Crippen LogP contribution in [0.15, 0.2) is 0 Å². The second-order valence-corrected chi connectivity index (χ2v) is 2.37. The largest absolute Gasteiger partial charge is 0.464 e. The molecular formula is C8H14O4. The zero-order valence-electron chi connectivity index (χ0n) is 7.37. The molecule has 0 aromatic heterocycles. The number of Topliss-reactive ketones (excluding diaryl/α,β-unsaturated/α-hetero) is 1. The minimum absolute atomic E-state index is 0.176. The van der Waals surface area contributed by atoms with Gasteiger partial charge in [0.2, 0.25) is 6.10 Å². The second kappa shape index (κ2) is 5.71. The number of ketones is 1. The van der Waals surface area contributed by atoms with Crippen LogP contribution < -0.4 is 0 Å². The maximum atomic E-state index is 10.9. The van der Waals surface area contributed by atoms with E-state index < -0.39 is 17.9 Å². The number of carbonyl (C=O) groups excluding carboxylic acids is 2. The maximum absolute atomic E-state index is 10.9. The van der Waals surface area contributed by atoms with Crippen LogP contribution in [0.3, 0.4) is 0 Å². The summed E-state index contributed by atoms with van der Waals surface area (Å²) in [5.41, 5.74) is 0. The van der Waals surface area contributed by atoms with Crippen molar-refractivity contribution in [3.8, 4) is 0 Å². The number of hydrogen-bond acceptors (Lipinski definition) is 4. The molecule has 1 N–H and O–H groups in total. The first-order chi connectivity index (χ1) is 5.63. The summed E-state index contributed by atoms with van der Waals surface area (Å²) in [6.07, 6.45) is -0.764. The zero-order valence-corrected chi connectivity index (χ0v) is 7.37. The molecule has 0 aromatic carbocycles. The summed E-state index contributed by atoms with van der Waals surface area (Å²) in [5, 5.41) is 9.02. The molecule has 12 heavy (non-hydrogen) atoms. The Hall–Kier alpha value is -0.900. The van der Waals surface area contributed by atoms with Crippen LogP contribution in [0.25, 0.3) is 0 Å². The number of hydrogen-bond donors (Lipinski definition) is 1. The molecular weight excluding hydrogens is 160 g/mol. The first-order valence-electron chi connectivity index (χ1n) is 4.00. The fraction of sp³-hybridized carbons (Fsp3) is 0.750. The van der Waals surface area contributed by atoms with Crippen molar-refractivity contribution in [3.63, 3.8) is 0 Å². The Morgan fingerprint density at radius 1 is 1.42 bits per heavy atom. The highest BCUT2D eigenvalue weighted by molar-refractivity contribution is 6.01. The first-order valence-corrected chi connectivity index (χ1v) is 4.00. The van der Waals surface area contributed by atoms with Crippen molar-refractivity contribution < 1.29 is 19.4 Å². The third kappa shape index (κ3) is 3.48. The molecule has 4 heteroatoms. The van der Waals surface area contributed by atoms with Gasteiger partial charge in [-0.05, 0) is 13.3 Å². The van der Waals surface area contributed by atoms with E-state index in [2.05, 4.69) is 4.74 Å². The van der Waals surface area contributed by atoms with Crippen LogP contribution in [0.5, 0.6) is 0 Å². The van der Waals surface area contributed by atoms with E-state index in [0.29, 0.717) is 6.42 Å². The molecule has 0 aliphatic rings. The average Bonchev–Trinajstić information content (AvgIpc) is 2.04. The van der Waals surface area contributed by atoms with E-state index in [1.807, 2.05) is 0 Å². The highest BCUT2D eigenvalue weighted by Crippen LogP contribution is 1.97. The van der Waals surface area contributed by atoms with Gasteiger partial charge in [-0.15, -0.1) is 0 Å². The van der Waals surface area contributed by atoms with Crippen LogP contribution in [0, 0.1) is 0 Å². The van der Waals surface area contributed by atoms with Crippen LogP contribution in [-0.2, 0) is 14.3 Å². The van der Waals surface area contributed by atoms with Gasteiger partial charge in [0.15, 0.2) is 5.78 Å². The van der Waals surface area contributed by atoms with Gasteiger partial charge in [0.1, 0.15) is 0 Å². The Balaban J connectivity index is 3.91. The van der Waals surface area contributed by atoms with E-state index in [1.54, 1.807) is 13.8 Å². The minimum atomic E-state index is -1.59. The van der Waals surface area contributed by atoms with Gasteiger partial charge in [0.25, 0.3) is 0 Å². The lowest BCUT2D eigenvalue weighted by Crippen LogP contribution is -2.31. The molecule has 0 fully saturated rings. The Morgan fingerprint density at radius 2 is 2.00 bits per heavy atom. The zero-order chi connectivity index (χ0) is 9.56. The monoisotopic (exact) mass is 174 g/mol. The minimum Gasteiger partial charge on any atom is -0.464 e. The standard InChI is InChI=1S/C8H14O4/c1-3-5-6(9)7(10)8(11)12-4-2/h7,10H,3-5H2,1-2H3. The molecule has 1 atom stereocenters. The molecule has 0 spiro atoms. The molecule has 0 saturated carbocycles. The molecule has 0 amide bonds. The van der Waals surface area contributed by atoms with Gasteiger partial charge in [-0.3, -0.25) is 4.79 Å². The van der Waals surface area contributed by atoms with Crippen LogP contribution in [-0.4, -0.2) is 29.6 Å². The van der Waals surface area contributed by atoms with Crippen LogP contribution in [0.2, 0.25) is 0 Å². The molecule has 4 nitrogen and oxygen atoms in total. The predicted molar refractivity (Wildman–Crippen MR) is 42.6 cm³/mol. The van der Waals surface area contributed by atoms with Crippen molar-refractivity contribution in [1.82, 2.24) is 0 Å². The lowest BCUT2D eigenvalue weighted by Gasteiger charge is -2.06. The number of aliphatic hydroxyl groups excluding tert-OH is 1. The molecule has 0 heterocycles. The van der Waals surface area contributed by atoms with Crippen molar-refractivity contribution in [2.45, 2.75) is 32.8 Å². The smallest absolute Gasteiger partial charge is 0.342 e. The topological polar surface area (TPSA) is 63.6 Å². The second-order valence-electron chi connectivity index (χ2n) is 2.37. The summed E-state index contributed by atoms with van der Waals surface area (Å²) in [4.78, 5) is 21.7. The quantitative estimate of drug-likeness (QED) is 0.480. The summed E-state index contributed by atoms with van der Waals surface area (Å²) >= 11 is 0. The fourth-order valence-corrected chi connectivity index (χ4v) is 0.736. The third-order valence-electron chi connectivity index (χ3n) is 1.31. The van der Waals surface area contributed by atoms with E-state index >= 15 is 0 Å². The van der Waals surface area contributed by atoms with Gasteiger partial charge in [-0.1, -0.05) is 6.92 Å². The molecule has 0 radical (unpaired) electrons. The molecule has 0 rings (SSSR count). The summed E-state index contributed by atoms with van der Waals surface area (Å²) in [6, 6.07) is 0. The first kappa shape index (κ1) is 11.1. The lowest BCUT2D eigenvalue weighted by molar-refractivity contribution is -0.157. The van der Waals surface area contributed by atoms with Gasteiger partial charge < -0.3 is 9.84 Å². The molecule has 1 unspecified atom stereocenters. The van der Waals surface area contributed by atoms with E-state index in [4.69, 9.17) is 5.11 Å². The van der Waals surface area contributed by atoms with Crippen molar-refractivity contribution in [1.29, 1.82) is 0 Å². The molecule has 0 aliphatic heterocycles. The van der Waals surface area contributed by atoms with E-state index in [-0.39, 0.29) is 13.0 Å². The van der Waals surface area contributed by atoms with E-state index in [9.17, 15) is 9.59 Å². The van der Waals surface area contributed by atoms with Crippen LogP contribution in [0.1, 0.15) is 26.7 Å². The number of ether oxygens (including phenoxy) is 1. The van der Waals surface area contributed by atoms with Gasteiger partial charge in [-0.2, -0.15) is 0 Å².